The molecule has 1 fully saturated rings. The van der Waals surface area contributed by atoms with Crippen molar-refractivity contribution in [2.24, 2.45) is 0 Å². The monoisotopic (exact) mass is 496 g/mol. The topological polar surface area (TPSA) is 82.6 Å². The Morgan fingerprint density at radius 2 is 1.91 bits per heavy atom. The van der Waals surface area contributed by atoms with Gasteiger partial charge in [0, 0.05) is 31.7 Å². The normalized spacial score (nSPS) is 21.2. The van der Waals surface area contributed by atoms with E-state index in [1.165, 1.54) is 19.1 Å². The second kappa shape index (κ2) is 10.6. The van der Waals surface area contributed by atoms with E-state index in [4.69, 9.17) is 0 Å². The van der Waals surface area contributed by atoms with E-state index in [-0.39, 0.29) is 36.2 Å². The predicted octanol–water partition coefficient (Wildman–Crippen LogP) is 3.31. The summed E-state index contributed by atoms with van der Waals surface area (Å²) in [5, 5.41) is 5.69. The van der Waals surface area contributed by atoms with Crippen molar-refractivity contribution in [2.75, 3.05) is 32.0 Å². The van der Waals surface area contributed by atoms with Crippen molar-refractivity contribution in [1.82, 2.24) is 25.1 Å². The quantitative estimate of drug-likeness (QED) is 0.573. The Hall–Kier alpha value is -3.15. The van der Waals surface area contributed by atoms with Gasteiger partial charge in [0.2, 0.25) is 5.95 Å². The average Bonchev–Trinajstić information content (AvgIpc) is 3.18. The van der Waals surface area contributed by atoms with Crippen molar-refractivity contribution in [3.8, 4) is 5.75 Å². The summed E-state index contributed by atoms with van der Waals surface area (Å²) < 4.78 is 55.0. The molecule has 190 valence electrons. The van der Waals surface area contributed by atoms with Gasteiger partial charge in [0.1, 0.15) is 5.75 Å². The number of hydrogen-bond acceptors (Lipinski definition) is 6. The number of carbonyl (C=O) groups excluding carboxylic acids is 1. The van der Waals surface area contributed by atoms with E-state index in [1.807, 2.05) is 7.05 Å². The third-order valence-corrected chi connectivity index (χ3v) is 6.31. The lowest BCUT2D eigenvalue weighted by molar-refractivity contribution is -0.0498. The van der Waals surface area contributed by atoms with Gasteiger partial charge in [-0.3, -0.25) is 0 Å². The van der Waals surface area contributed by atoms with Crippen molar-refractivity contribution in [3.63, 3.8) is 0 Å². The first-order chi connectivity index (χ1) is 16.7. The number of ether oxygens (including phenoxy) is 1. The maximum atomic E-state index is 13.1. The van der Waals surface area contributed by atoms with E-state index in [1.54, 1.807) is 23.2 Å². The average molecular weight is 497 g/mol. The van der Waals surface area contributed by atoms with Gasteiger partial charge in [-0.1, -0.05) is 12.1 Å². The fourth-order valence-electron chi connectivity index (χ4n) is 4.44. The Morgan fingerprint density at radius 3 is 2.60 bits per heavy atom. The molecule has 0 saturated carbocycles. The number of anilines is 1. The third-order valence-electron chi connectivity index (χ3n) is 6.31. The molecule has 3 heterocycles. The number of nitrogens with one attached hydrogen (secondary N) is 2. The van der Waals surface area contributed by atoms with Crippen LogP contribution in [0.1, 0.15) is 29.7 Å². The molecule has 0 spiro atoms. The Labute approximate surface area is 200 Å². The van der Waals surface area contributed by atoms with Gasteiger partial charge >= 0.3 is 12.6 Å². The lowest BCUT2D eigenvalue weighted by atomic mass is 9.94. The summed E-state index contributed by atoms with van der Waals surface area (Å²) in [5.74, 6) is 0.174. The fraction of sp³-hybridized carbons (Fsp3) is 0.522. The van der Waals surface area contributed by atoms with Crippen LogP contribution >= 0.6 is 0 Å². The zero-order valence-electron chi connectivity index (χ0n) is 19.4. The molecule has 2 N–H and O–H groups in total. The number of likely N-dealkylation sites (tertiary alicyclic amines) is 1. The second-order valence-electron chi connectivity index (χ2n) is 8.94. The zero-order valence-corrected chi connectivity index (χ0v) is 19.4. The van der Waals surface area contributed by atoms with Crippen LogP contribution in [-0.2, 0) is 13.0 Å². The molecule has 3 atom stereocenters. The number of likely N-dealkylation sites (N-methyl/N-ethyl adjacent to an activating group) is 1. The van der Waals surface area contributed by atoms with Crippen molar-refractivity contribution in [3.05, 3.63) is 47.3 Å². The summed E-state index contributed by atoms with van der Waals surface area (Å²) in [5.41, 5.74) is 2.43. The highest BCUT2D eigenvalue weighted by Gasteiger charge is 2.35. The molecule has 0 radical (unpaired) electrons. The predicted molar refractivity (Wildman–Crippen MR) is 121 cm³/mol. The standard InChI is InChI=1S/C23H28F4N6O2/c1-13(20(24)25)29-22-28-9-15-7-8-33(12-18(15)30-22)23(34)31-19-11-32(2)10-17(19)14-3-5-16(6-4-14)35-21(26)27/h3-6,9,13,17,19-21H,7-8,10-12H2,1-2H3,(H,31,34)(H,28,29,30)/t13?,17-,19+/m0/s1. The highest BCUT2D eigenvalue weighted by Crippen LogP contribution is 2.29. The first kappa shape index (κ1) is 25.0. The smallest absolute Gasteiger partial charge is 0.387 e. The summed E-state index contributed by atoms with van der Waals surface area (Å²) in [6, 6.07) is 4.97. The Kier molecular flexibility index (Phi) is 7.58. The van der Waals surface area contributed by atoms with Gasteiger partial charge in [-0.2, -0.15) is 8.78 Å². The molecule has 12 heteroatoms. The molecule has 2 aliphatic heterocycles. The number of fused-ring (bicyclic) bond motifs is 1. The number of rotatable bonds is 7. The van der Waals surface area contributed by atoms with Gasteiger partial charge in [-0.05, 0) is 43.7 Å². The van der Waals surface area contributed by atoms with Crippen LogP contribution in [0.3, 0.4) is 0 Å². The molecule has 35 heavy (non-hydrogen) atoms. The maximum absolute atomic E-state index is 13.1. The van der Waals surface area contributed by atoms with Crippen LogP contribution in [-0.4, -0.2) is 77.6 Å². The molecular weight excluding hydrogens is 468 g/mol. The lowest BCUT2D eigenvalue weighted by Gasteiger charge is -2.30. The minimum absolute atomic E-state index is 0.0180. The van der Waals surface area contributed by atoms with Crippen LogP contribution in [0.4, 0.5) is 28.3 Å². The molecular formula is C23H28F4N6O2. The van der Waals surface area contributed by atoms with Gasteiger partial charge in [0.05, 0.1) is 24.3 Å². The van der Waals surface area contributed by atoms with Crippen molar-refractivity contribution in [2.45, 2.75) is 50.9 Å². The van der Waals surface area contributed by atoms with E-state index in [0.717, 1.165) is 11.1 Å². The zero-order chi connectivity index (χ0) is 25.1. The molecule has 0 bridgehead atoms. The molecule has 1 saturated heterocycles. The number of benzene rings is 1. The number of hydrogen-bond donors (Lipinski definition) is 2. The van der Waals surface area contributed by atoms with Crippen LogP contribution < -0.4 is 15.4 Å². The fourth-order valence-corrected chi connectivity index (χ4v) is 4.44. The van der Waals surface area contributed by atoms with Crippen molar-refractivity contribution in [1.29, 1.82) is 0 Å². The third kappa shape index (κ3) is 6.11. The molecule has 8 nitrogen and oxygen atoms in total. The number of halogens is 4. The van der Waals surface area contributed by atoms with E-state index >= 15 is 0 Å². The molecule has 4 rings (SSSR count). The molecule has 1 aromatic carbocycles. The number of aromatic nitrogens is 2. The Bertz CT molecular complexity index is 1030. The highest BCUT2D eigenvalue weighted by atomic mass is 19.3. The molecule has 2 amide bonds. The van der Waals surface area contributed by atoms with E-state index in [9.17, 15) is 22.4 Å². The summed E-state index contributed by atoms with van der Waals surface area (Å²) in [7, 11) is 1.95. The summed E-state index contributed by atoms with van der Waals surface area (Å²) >= 11 is 0. The van der Waals surface area contributed by atoms with Crippen LogP contribution in [0.15, 0.2) is 30.5 Å². The van der Waals surface area contributed by atoms with Gasteiger partial charge in [-0.25, -0.2) is 23.5 Å². The minimum Gasteiger partial charge on any atom is -0.435 e. The van der Waals surface area contributed by atoms with E-state index in [0.29, 0.717) is 31.7 Å². The van der Waals surface area contributed by atoms with Gasteiger partial charge < -0.3 is 25.2 Å². The number of carbonyl (C=O) groups is 1. The summed E-state index contributed by atoms with van der Waals surface area (Å²) in [6.45, 7) is 0.529. The van der Waals surface area contributed by atoms with Crippen LogP contribution in [0.25, 0.3) is 0 Å². The first-order valence-corrected chi connectivity index (χ1v) is 11.4. The van der Waals surface area contributed by atoms with Gasteiger partial charge in [0.25, 0.3) is 6.43 Å². The Morgan fingerprint density at radius 1 is 1.17 bits per heavy atom. The number of alkyl halides is 4. The molecule has 1 aromatic heterocycles. The largest absolute Gasteiger partial charge is 0.435 e. The highest BCUT2D eigenvalue weighted by molar-refractivity contribution is 5.75. The number of urea groups is 1. The van der Waals surface area contributed by atoms with Gasteiger partial charge in [0.15, 0.2) is 0 Å². The van der Waals surface area contributed by atoms with Crippen LogP contribution in [0.5, 0.6) is 5.75 Å². The minimum atomic E-state index is -2.88. The number of nitrogens with zero attached hydrogens (tertiary/aromatic N) is 4. The molecule has 1 unspecified atom stereocenters. The lowest BCUT2D eigenvalue weighted by Crippen LogP contribution is -2.49. The SMILES string of the molecule is CC(Nc1ncc2c(n1)CN(C(=O)N[C@@H]1CN(C)C[C@H]1c1ccc(OC(F)F)cc1)CC2)C(F)F. The molecule has 2 aliphatic rings. The molecule has 2 aromatic rings. The van der Waals surface area contributed by atoms with E-state index < -0.39 is 19.1 Å². The Balaban J connectivity index is 1.41. The van der Waals surface area contributed by atoms with Crippen LogP contribution in [0, 0.1) is 0 Å². The summed E-state index contributed by atoms with van der Waals surface area (Å²) in [6.07, 6.45) is -0.378. The molecule has 0 aliphatic carbocycles. The van der Waals surface area contributed by atoms with Gasteiger partial charge in [-0.15, -0.1) is 0 Å². The van der Waals surface area contributed by atoms with Crippen molar-refractivity contribution >= 4 is 12.0 Å². The summed E-state index contributed by atoms with van der Waals surface area (Å²) in [4.78, 5) is 25.3. The number of amides is 2. The van der Waals surface area contributed by atoms with Crippen molar-refractivity contribution < 1.29 is 27.1 Å². The maximum Gasteiger partial charge on any atom is 0.387 e. The van der Waals surface area contributed by atoms with E-state index in [2.05, 4.69) is 30.2 Å². The van der Waals surface area contributed by atoms with Crippen LogP contribution in [0.2, 0.25) is 0 Å². The second-order valence-corrected chi connectivity index (χ2v) is 8.94. The first-order valence-electron chi connectivity index (χ1n) is 11.4.